The first-order chi connectivity index (χ1) is 11.7. The molecule has 0 aromatic carbocycles. The van der Waals surface area contributed by atoms with Crippen LogP contribution < -0.4 is 4.90 Å². The first-order valence-corrected chi connectivity index (χ1v) is 9.13. The number of anilines is 1. The van der Waals surface area contributed by atoms with E-state index in [0.717, 1.165) is 31.9 Å². The topological polar surface area (TPSA) is 37.2 Å². The first-order valence-electron chi connectivity index (χ1n) is 9.13. The zero-order valence-corrected chi connectivity index (χ0v) is 14.8. The standard InChI is InChI=1S/C19H27N5/c1-22(17-6-5-7-18-16(17)13-21-23(18)2)14-15-8-9-19(20-12-15)24-10-3-4-11-24/h8-9,12-13,17H,3-7,10-11,14H2,1-2H3/t17-/m0/s1. The predicted octanol–water partition coefficient (Wildman–Crippen LogP) is 2.92. The fourth-order valence-corrected chi connectivity index (χ4v) is 4.18. The van der Waals surface area contributed by atoms with Crippen LogP contribution in [-0.4, -0.2) is 39.8 Å². The maximum Gasteiger partial charge on any atom is 0.128 e. The number of rotatable bonds is 4. The number of pyridine rings is 1. The van der Waals surface area contributed by atoms with Gasteiger partial charge in [-0.3, -0.25) is 9.58 Å². The molecular weight excluding hydrogens is 298 g/mol. The molecule has 0 spiro atoms. The van der Waals surface area contributed by atoms with E-state index in [9.17, 15) is 0 Å². The van der Waals surface area contributed by atoms with Crippen molar-refractivity contribution in [3.05, 3.63) is 41.3 Å². The average molecular weight is 325 g/mol. The van der Waals surface area contributed by atoms with Gasteiger partial charge in [-0.05, 0) is 50.8 Å². The molecular formula is C19H27N5. The number of nitrogens with zero attached hydrogens (tertiary/aromatic N) is 5. The van der Waals surface area contributed by atoms with Crippen molar-refractivity contribution in [2.75, 3.05) is 25.0 Å². The van der Waals surface area contributed by atoms with Crippen LogP contribution in [0.4, 0.5) is 5.82 Å². The van der Waals surface area contributed by atoms with E-state index in [1.54, 1.807) is 0 Å². The molecule has 1 fully saturated rings. The molecule has 1 aliphatic carbocycles. The van der Waals surface area contributed by atoms with Crippen molar-refractivity contribution in [3.8, 4) is 0 Å². The highest BCUT2D eigenvalue weighted by molar-refractivity contribution is 5.40. The summed E-state index contributed by atoms with van der Waals surface area (Å²) in [5.41, 5.74) is 4.10. The van der Waals surface area contributed by atoms with Crippen LogP contribution in [0.15, 0.2) is 24.5 Å². The van der Waals surface area contributed by atoms with Crippen molar-refractivity contribution >= 4 is 5.82 Å². The minimum Gasteiger partial charge on any atom is -0.357 e. The van der Waals surface area contributed by atoms with Crippen LogP contribution in [0.3, 0.4) is 0 Å². The predicted molar refractivity (Wildman–Crippen MR) is 96.0 cm³/mol. The van der Waals surface area contributed by atoms with Gasteiger partial charge in [-0.2, -0.15) is 5.10 Å². The number of hydrogen-bond donors (Lipinski definition) is 0. The number of aromatic nitrogens is 3. The van der Waals surface area contributed by atoms with Crippen LogP contribution >= 0.6 is 0 Å². The van der Waals surface area contributed by atoms with E-state index in [2.05, 4.69) is 53.5 Å². The number of fused-ring (bicyclic) bond motifs is 1. The molecule has 0 unspecified atom stereocenters. The largest absolute Gasteiger partial charge is 0.357 e. The minimum atomic E-state index is 0.473. The summed E-state index contributed by atoms with van der Waals surface area (Å²) in [4.78, 5) is 9.53. The second kappa shape index (κ2) is 6.55. The lowest BCUT2D eigenvalue weighted by Crippen LogP contribution is -2.27. The van der Waals surface area contributed by atoms with Crippen molar-refractivity contribution in [2.45, 2.75) is 44.7 Å². The molecule has 1 atom stereocenters. The molecule has 2 aliphatic rings. The Morgan fingerprint density at radius 3 is 2.75 bits per heavy atom. The Labute approximate surface area is 144 Å². The molecule has 0 amide bonds. The first kappa shape index (κ1) is 15.6. The number of hydrogen-bond acceptors (Lipinski definition) is 4. The Morgan fingerprint density at radius 1 is 1.17 bits per heavy atom. The monoisotopic (exact) mass is 325 g/mol. The zero-order chi connectivity index (χ0) is 16.5. The van der Waals surface area contributed by atoms with Crippen LogP contribution in [0.2, 0.25) is 0 Å². The van der Waals surface area contributed by atoms with Crippen molar-refractivity contribution in [2.24, 2.45) is 7.05 Å². The van der Waals surface area contributed by atoms with Gasteiger partial charge in [0, 0.05) is 50.2 Å². The molecule has 4 rings (SSSR count). The smallest absolute Gasteiger partial charge is 0.128 e. The van der Waals surface area contributed by atoms with Gasteiger partial charge in [0.05, 0.1) is 6.20 Å². The highest BCUT2D eigenvalue weighted by Crippen LogP contribution is 2.34. The summed E-state index contributed by atoms with van der Waals surface area (Å²) in [7, 11) is 4.28. The van der Waals surface area contributed by atoms with Gasteiger partial charge in [-0.1, -0.05) is 6.07 Å². The molecule has 0 saturated carbocycles. The van der Waals surface area contributed by atoms with Gasteiger partial charge < -0.3 is 4.90 Å². The zero-order valence-electron chi connectivity index (χ0n) is 14.8. The molecule has 0 radical (unpaired) electrons. The molecule has 1 aliphatic heterocycles. The average Bonchev–Trinajstić information content (AvgIpc) is 3.26. The van der Waals surface area contributed by atoms with Crippen molar-refractivity contribution < 1.29 is 0 Å². The van der Waals surface area contributed by atoms with Crippen LogP contribution in [0.5, 0.6) is 0 Å². The summed E-state index contributed by atoms with van der Waals surface area (Å²) in [6, 6.07) is 4.90. The molecule has 3 heterocycles. The molecule has 0 N–H and O–H groups in total. The Morgan fingerprint density at radius 2 is 2.00 bits per heavy atom. The third kappa shape index (κ3) is 2.93. The van der Waals surface area contributed by atoms with Crippen LogP contribution in [0.25, 0.3) is 0 Å². The molecule has 2 aromatic rings. The summed E-state index contributed by atoms with van der Waals surface area (Å²) in [6.07, 6.45) is 10.3. The second-order valence-corrected chi connectivity index (χ2v) is 7.21. The van der Waals surface area contributed by atoms with Gasteiger partial charge in [0.2, 0.25) is 0 Å². The normalized spacial score (nSPS) is 20.6. The van der Waals surface area contributed by atoms with Gasteiger partial charge in [-0.15, -0.1) is 0 Å². The SMILES string of the molecule is CN(Cc1ccc(N2CCCC2)nc1)[C@H]1CCCc2c1cnn2C. The molecule has 2 aromatic heterocycles. The van der Waals surface area contributed by atoms with Crippen molar-refractivity contribution in [1.29, 1.82) is 0 Å². The van der Waals surface area contributed by atoms with E-state index in [1.165, 1.54) is 42.5 Å². The highest BCUT2D eigenvalue weighted by atomic mass is 15.3. The van der Waals surface area contributed by atoms with Gasteiger partial charge in [0.1, 0.15) is 5.82 Å². The lowest BCUT2D eigenvalue weighted by Gasteiger charge is -2.31. The van der Waals surface area contributed by atoms with E-state index < -0.39 is 0 Å². The summed E-state index contributed by atoms with van der Waals surface area (Å²) < 4.78 is 2.04. The molecule has 24 heavy (non-hydrogen) atoms. The summed E-state index contributed by atoms with van der Waals surface area (Å²) in [6.45, 7) is 3.24. The fraction of sp³-hybridized carbons (Fsp3) is 0.579. The van der Waals surface area contributed by atoms with Crippen molar-refractivity contribution in [1.82, 2.24) is 19.7 Å². The minimum absolute atomic E-state index is 0.473. The lowest BCUT2D eigenvalue weighted by molar-refractivity contribution is 0.212. The molecule has 128 valence electrons. The maximum atomic E-state index is 4.69. The third-order valence-corrected chi connectivity index (χ3v) is 5.55. The summed E-state index contributed by atoms with van der Waals surface area (Å²) >= 11 is 0. The van der Waals surface area contributed by atoms with Gasteiger partial charge >= 0.3 is 0 Å². The van der Waals surface area contributed by atoms with E-state index >= 15 is 0 Å². The third-order valence-electron chi connectivity index (χ3n) is 5.55. The quantitative estimate of drug-likeness (QED) is 0.866. The molecule has 5 heteroatoms. The molecule has 1 saturated heterocycles. The molecule has 0 bridgehead atoms. The Balaban J connectivity index is 1.45. The summed E-state index contributed by atoms with van der Waals surface area (Å²) in [5.74, 6) is 1.13. The maximum absolute atomic E-state index is 4.69. The Kier molecular flexibility index (Phi) is 4.27. The van der Waals surface area contributed by atoms with E-state index in [0.29, 0.717) is 6.04 Å². The summed E-state index contributed by atoms with van der Waals surface area (Å²) in [5, 5.41) is 4.47. The second-order valence-electron chi connectivity index (χ2n) is 7.21. The van der Waals surface area contributed by atoms with Gasteiger partial charge in [0.25, 0.3) is 0 Å². The Bertz CT molecular complexity index is 684. The fourth-order valence-electron chi connectivity index (χ4n) is 4.18. The van der Waals surface area contributed by atoms with Crippen LogP contribution in [0.1, 0.15) is 48.5 Å². The van der Waals surface area contributed by atoms with Crippen LogP contribution in [-0.2, 0) is 20.0 Å². The molecule has 5 nitrogen and oxygen atoms in total. The van der Waals surface area contributed by atoms with Gasteiger partial charge in [-0.25, -0.2) is 4.98 Å². The number of aryl methyl sites for hydroxylation is 1. The Hall–Kier alpha value is -1.88. The van der Waals surface area contributed by atoms with Crippen molar-refractivity contribution in [3.63, 3.8) is 0 Å². The highest BCUT2D eigenvalue weighted by Gasteiger charge is 2.26. The van der Waals surface area contributed by atoms with E-state index in [1.807, 2.05) is 4.68 Å². The van der Waals surface area contributed by atoms with E-state index in [4.69, 9.17) is 4.98 Å². The van der Waals surface area contributed by atoms with Crippen LogP contribution in [0, 0.1) is 0 Å². The van der Waals surface area contributed by atoms with E-state index in [-0.39, 0.29) is 0 Å². The lowest BCUT2D eigenvalue weighted by atomic mass is 9.92. The van der Waals surface area contributed by atoms with Gasteiger partial charge in [0.15, 0.2) is 0 Å².